The summed E-state index contributed by atoms with van der Waals surface area (Å²) in [6.45, 7) is 5.74. The third kappa shape index (κ3) is 4.97. The van der Waals surface area contributed by atoms with E-state index in [0.29, 0.717) is 5.56 Å². The van der Waals surface area contributed by atoms with Crippen molar-refractivity contribution >= 4 is 17.9 Å². The van der Waals surface area contributed by atoms with Gasteiger partial charge in [-0.3, -0.25) is 0 Å². The summed E-state index contributed by atoms with van der Waals surface area (Å²) in [6, 6.07) is 5.22. The zero-order valence-electron chi connectivity index (χ0n) is 11.9. The number of nitro groups is 1. The Kier molecular flexibility index (Phi) is 5.93. The molecular weight excluding hydrogens is 276 g/mol. The van der Waals surface area contributed by atoms with Crippen molar-refractivity contribution in [1.29, 1.82) is 0 Å². The van der Waals surface area contributed by atoms with Gasteiger partial charge < -0.3 is 15.7 Å². The van der Waals surface area contributed by atoms with Crippen LogP contribution in [0.25, 0.3) is 0 Å². The monoisotopic (exact) mass is 295 g/mol. The summed E-state index contributed by atoms with van der Waals surface area (Å²) in [5.41, 5.74) is 8.30. The minimum Gasteiger partial charge on any atom is -0.507 e. The molecule has 21 heavy (non-hydrogen) atoms. The van der Waals surface area contributed by atoms with Gasteiger partial charge in [0.05, 0.1) is 5.56 Å². The highest BCUT2D eigenvalue weighted by atomic mass is 16.7. The highest BCUT2D eigenvalue weighted by molar-refractivity contribution is 5.81. The van der Waals surface area contributed by atoms with Crippen molar-refractivity contribution in [3.05, 3.63) is 33.9 Å². The third-order valence-corrected chi connectivity index (χ3v) is 2.75. The average Bonchev–Trinajstić information content (AvgIpc) is 2.41. The van der Waals surface area contributed by atoms with Gasteiger partial charge in [0.2, 0.25) is 6.21 Å². The number of nitrogens with zero attached hydrogens (tertiary/aromatic N) is 3. The average molecular weight is 295 g/mol. The first-order chi connectivity index (χ1) is 9.97. The summed E-state index contributed by atoms with van der Waals surface area (Å²) in [5.74, 6) is -0.321. The van der Waals surface area contributed by atoms with Crippen molar-refractivity contribution in [2.75, 3.05) is 18.0 Å². The van der Waals surface area contributed by atoms with Gasteiger partial charge in [0, 0.05) is 29.9 Å². The van der Waals surface area contributed by atoms with Crippen LogP contribution in [-0.2, 0) is 0 Å². The lowest BCUT2D eigenvalue weighted by Gasteiger charge is -2.21. The van der Waals surface area contributed by atoms with E-state index >= 15 is 0 Å². The number of hydrazone groups is 1. The van der Waals surface area contributed by atoms with Crippen LogP contribution < -0.4 is 21.2 Å². The number of nitrogens with one attached hydrogen (secondary N) is 2. The maximum Gasteiger partial charge on any atom is 0.319 e. The van der Waals surface area contributed by atoms with Gasteiger partial charge >= 0.3 is 5.96 Å². The van der Waals surface area contributed by atoms with Gasteiger partial charge in [-0.25, -0.2) is 10.1 Å². The molecule has 0 amide bonds. The number of aromatic hydroxyl groups is 1. The van der Waals surface area contributed by atoms with E-state index < -0.39 is 11.0 Å². The van der Waals surface area contributed by atoms with E-state index in [9.17, 15) is 15.2 Å². The summed E-state index contributed by atoms with van der Waals surface area (Å²) in [7, 11) is 0. The molecule has 1 rings (SSSR count). The molecule has 0 aliphatic rings. The molecule has 9 heteroatoms. The molecule has 0 aliphatic carbocycles. The second-order valence-corrected chi connectivity index (χ2v) is 4.05. The molecule has 0 unspecified atom stereocenters. The fourth-order valence-electron chi connectivity index (χ4n) is 1.73. The molecular formula is C12H19N6O3+. The molecule has 0 radical (unpaired) electrons. The van der Waals surface area contributed by atoms with Gasteiger partial charge in [-0.2, -0.15) is 0 Å². The van der Waals surface area contributed by atoms with Crippen LogP contribution in [0.4, 0.5) is 5.69 Å². The molecule has 0 bridgehead atoms. The molecule has 0 aliphatic heterocycles. The molecule has 0 aromatic heterocycles. The lowest BCUT2D eigenvalue weighted by molar-refractivity contribution is -0.528. The molecule has 1 aromatic carbocycles. The molecule has 0 fully saturated rings. The van der Waals surface area contributed by atoms with E-state index in [1.54, 1.807) is 17.6 Å². The van der Waals surface area contributed by atoms with Gasteiger partial charge in [0.1, 0.15) is 5.75 Å². The summed E-state index contributed by atoms with van der Waals surface area (Å²) < 4.78 is 0. The van der Waals surface area contributed by atoms with E-state index in [1.807, 2.05) is 19.9 Å². The Bertz CT molecular complexity index is 554. The Hall–Kier alpha value is -2.84. The number of hydrogen-bond acceptors (Lipinski definition) is 5. The van der Waals surface area contributed by atoms with E-state index in [-0.39, 0.29) is 5.75 Å². The zero-order chi connectivity index (χ0) is 15.8. The van der Waals surface area contributed by atoms with Crippen LogP contribution in [0.15, 0.2) is 23.3 Å². The van der Waals surface area contributed by atoms with Crippen molar-refractivity contribution < 1.29 is 15.2 Å². The standard InChI is InChI=1S/C12H18N6O3/c1-3-17(4-2)10-6-5-9(11(19)7-10)8-14-15-12(13)16-18(20)21/h5-8,19H,3-4H2,1-2H3,(H3,13,15,16)/p+1. The van der Waals surface area contributed by atoms with E-state index in [1.165, 1.54) is 6.21 Å². The van der Waals surface area contributed by atoms with Crippen LogP contribution in [0.2, 0.25) is 0 Å². The Morgan fingerprint density at radius 2 is 2.24 bits per heavy atom. The number of guanidine groups is 1. The van der Waals surface area contributed by atoms with Gasteiger partial charge in [-0.05, 0) is 26.0 Å². The summed E-state index contributed by atoms with van der Waals surface area (Å²) >= 11 is 0. The van der Waals surface area contributed by atoms with Gasteiger partial charge in [-0.15, -0.1) is 5.10 Å². The topological polar surface area (TPSA) is 131 Å². The summed E-state index contributed by atoms with van der Waals surface area (Å²) in [5, 5.41) is 25.2. The van der Waals surface area contributed by atoms with Crippen molar-refractivity contribution in [3.8, 4) is 5.75 Å². The van der Waals surface area contributed by atoms with E-state index in [0.717, 1.165) is 18.8 Å². The van der Waals surface area contributed by atoms with Crippen molar-refractivity contribution in [3.63, 3.8) is 0 Å². The first-order valence-corrected chi connectivity index (χ1v) is 6.38. The number of benzene rings is 1. The van der Waals surface area contributed by atoms with Crippen LogP contribution in [0.5, 0.6) is 5.75 Å². The van der Waals surface area contributed by atoms with Crippen molar-refractivity contribution in [1.82, 2.24) is 5.43 Å². The highest BCUT2D eigenvalue weighted by Gasteiger charge is 2.07. The minimum absolute atomic E-state index is 0.0721. The van der Waals surface area contributed by atoms with Crippen molar-refractivity contribution in [2.24, 2.45) is 10.8 Å². The van der Waals surface area contributed by atoms with Gasteiger partial charge in [0.25, 0.3) is 0 Å². The maximum atomic E-state index is 10.1. The van der Waals surface area contributed by atoms with Crippen LogP contribution in [0, 0.1) is 10.1 Å². The number of hydrazine groups is 1. The van der Waals surface area contributed by atoms with E-state index in [4.69, 9.17) is 5.73 Å². The number of phenols is 1. The summed E-state index contributed by atoms with van der Waals surface area (Å²) in [6.07, 6.45) is 1.38. The molecule has 9 nitrogen and oxygen atoms in total. The lowest BCUT2D eigenvalue weighted by Crippen LogP contribution is -2.64. The number of nitrogens with two attached hydrogens (primary N) is 1. The van der Waals surface area contributed by atoms with Crippen LogP contribution >= 0.6 is 0 Å². The molecule has 0 saturated carbocycles. The lowest BCUT2D eigenvalue weighted by atomic mass is 10.2. The van der Waals surface area contributed by atoms with Gasteiger partial charge in [-0.1, -0.05) is 5.43 Å². The zero-order valence-corrected chi connectivity index (χ0v) is 11.9. The fourth-order valence-corrected chi connectivity index (χ4v) is 1.73. The highest BCUT2D eigenvalue weighted by Crippen LogP contribution is 2.22. The number of rotatable bonds is 6. The van der Waals surface area contributed by atoms with Crippen LogP contribution in [-0.4, -0.2) is 35.4 Å². The molecule has 114 valence electrons. The second kappa shape index (κ2) is 7.68. The first kappa shape index (κ1) is 16.2. The Labute approximate surface area is 121 Å². The number of phenolic OH excluding ortho intramolecular Hbond substituents is 1. The molecule has 5 N–H and O–H groups in total. The predicted molar refractivity (Wildman–Crippen MR) is 79.5 cm³/mol. The largest absolute Gasteiger partial charge is 0.507 e. The number of anilines is 1. The fraction of sp³-hybridized carbons (Fsp3) is 0.333. The van der Waals surface area contributed by atoms with E-state index in [2.05, 4.69) is 15.1 Å². The Morgan fingerprint density at radius 3 is 2.76 bits per heavy atom. The molecule has 0 saturated heterocycles. The third-order valence-electron chi connectivity index (χ3n) is 2.75. The van der Waals surface area contributed by atoms with Crippen molar-refractivity contribution in [2.45, 2.75) is 13.8 Å². The second-order valence-electron chi connectivity index (χ2n) is 4.05. The number of hydrogen-bond donors (Lipinski definition) is 4. The molecule has 1 aromatic rings. The Balaban J connectivity index is 2.84. The van der Waals surface area contributed by atoms with Gasteiger partial charge in [0.15, 0.2) is 5.03 Å². The molecule has 0 atom stereocenters. The predicted octanol–water partition coefficient (Wildman–Crippen LogP) is -1.25. The SMILES string of the molecule is CCN(CC)c1ccc(C=[NH+]N=C(N)N[N+](=O)[O-])c(O)c1. The first-order valence-electron chi connectivity index (χ1n) is 6.38. The van der Waals surface area contributed by atoms with Crippen LogP contribution in [0.3, 0.4) is 0 Å². The maximum absolute atomic E-state index is 10.1. The Morgan fingerprint density at radius 1 is 1.57 bits per heavy atom. The molecule has 0 heterocycles. The minimum atomic E-state index is -0.823. The smallest absolute Gasteiger partial charge is 0.319 e. The normalized spacial score (nSPS) is 11.6. The molecule has 0 spiro atoms. The summed E-state index contributed by atoms with van der Waals surface area (Å²) in [4.78, 5) is 12.2. The quantitative estimate of drug-likeness (QED) is 0.224. The van der Waals surface area contributed by atoms with Crippen LogP contribution in [0.1, 0.15) is 19.4 Å².